The predicted octanol–water partition coefficient (Wildman–Crippen LogP) is 1.20. The summed E-state index contributed by atoms with van der Waals surface area (Å²) in [6.07, 6.45) is -0.00575. The van der Waals surface area contributed by atoms with Gasteiger partial charge in [0, 0.05) is 6.54 Å². The summed E-state index contributed by atoms with van der Waals surface area (Å²) < 4.78 is 4.97. The molecular weight excluding hydrogens is 340 g/mol. The van der Waals surface area contributed by atoms with Crippen molar-refractivity contribution in [2.24, 2.45) is 0 Å². The van der Waals surface area contributed by atoms with E-state index in [9.17, 15) is 19.5 Å². The number of nitrogens with one attached hydrogen (secondary N) is 2. The summed E-state index contributed by atoms with van der Waals surface area (Å²) in [5, 5.41) is 23.5. The lowest BCUT2D eigenvalue weighted by Gasteiger charge is -2.16. The standard InChI is InChI=1S/C18H24N2O6/c1-2-3-9-15(17(23)24)20-16(22)10-14(21)11-19-18(25)26-12-13-7-5-4-6-8-13/h2,4-8,14-15,21H,1,3,9-12H2,(H,19,25)(H,20,22)(H,23,24)/t14-,15+/m0/s1. The molecule has 1 aromatic carbocycles. The number of carbonyl (C=O) groups is 3. The first-order chi connectivity index (χ1) is 12.4. The summed E-state index contributed by atoms with van der Waals surface area (Å²) in [7, 11) is 0. The molecule has 8 heteroatoms. The molecule has 4 N–H and O–H groups in total. The van der Waals surface area contributed by atoms with Crippen molar-refractivity contribution in [1.29, 1.82) is 0 Å². The van der Waals surface area contributed by atoms with E-state index >= 15 is 0 Å². The van der Waals surface area contributed by atoms with Crippen molar-refractivity contribution in [2.75, 3.05) is 6.54 Å². The van der Waals surface area contributed by atoms with Crippen LogP contribution in [-0.4, -0.2) is 46.9 Å². The number of rotatable bonds is 11. The molecule has 2 atom stereocenters. The number of allylic oxidation sites excluding steroid dienone is 1. The molecule has 0 radical (unpaired) electrons. The van der Waals surface area contributed by atoms with Gasteiger partial charge in [-0.1, -0.05) is 36.4 Å². The Hall–Kier alpha value is -2.87. The molecule has 26 heavy (non-hydrogen) atoms. The van der Waals surface area contributed by atoms with Gasteiger partial charge >= 0.3 is 12.1 Å². The van der Waals surface area contributed by atoms with E-state index in [1.54, 1.807) is 18.2 Å². The first kappa shape index (κ1) is 21.2. The van der Waals surface area contributed by atoms with Crippen LogP contribution in [0.2, 0.25) is 0 Å². The van der Waals surface area contributed by atoms with Crippen LogP contribution in [0.3, 0.4) is 0 Å². The third kappa shape index (κ3) is 8.84. The number of carbonyl (C=O) groups excluding carboxylic acids is 2. The number of hydrogen-bond acceptors (Lipinski definition) is 5. The minimum atomic E-state index is -1.16. The van der Waals surface area contributed by atoms with Crippen molar-refractivity contribution in [1.82, 2.24) is 10.6 Å². The van der Waals surface area contributed by atoms with Crippen LogP contribution >= 0.6 is 0 Å². The highest BCUT2D eigenvalue weighted by Gasteiger charge is 2.21. The number of amides is 2. The van der Waals surface area contributed by atoms with Gasteiger partial charge in [-0.15, -0.1) is 6.58 Å². The summed E-state index contributed by atoms with van der Waals surface area (Å²) in [4.78, 5) is 34.4. The SMILES string of the molecule is C=CCC[C@@H](NC(=O)C[C@H](O)CNC(=O)OCc1ccccc1)C(=O)O. The maximum absolute atomic E-state index is 11.8. The van der Waals surface area contributed by atoms with Gasteiger partial charge in [-0.25, -0.2) is 9.59 Å². The molecule has 0 saturated heterocycles. The molecule has 0 heterocycles. The van der Waals surface area contributed by atoms with E-state index in [0.29, 0.717) is 6.42 Å². The summed E-state index contributed by atoms with van der Waals surface area (Å²) >= 11 is 0. The number of carboxylic acids is 1. The second-order valence-electron chi connectivity index (χ2n) is 5.62. The molecule has 0 saturated carbocycles. The van der Waals surface area contributed by atoms with Crippen LogP contribution in [-0.2, 0) is 20.9 Å². The van der Waals surface area contributed by atoms with E-state index in [2.05, 4.69) is 17.2 Å². The molecule has 0 aliphatic heterocycles. The van der Waals surface area contributed by atoms with Crippen LogP contribution in [0.1, 0.15) is 24.8 Å². The summed E-state index contributed by atoms with van der Waals surface area (Å²) in [6.45, 7) is 3.40. The normalized spacial score (nSPS) is 12.5. The predicted molar refractivity (Wildman–Crippen MR) is 94.3 cm³/mol. The fraction of sp³-hybridized carbons (Fsp3) is 0.389. The molecule has 0 bridgehead atoms. The zero-order chi connectivity index (χ0) is 19.4. The third-order valence-corrected chi connectivity index (χ3v) is 3.41. The summed E-state index contributed by atoms with van der Waals surface area (Å²) in [5.74, 6) is -1.77. The number of aliphatic hydroxyl groups is 1. The van der Waals surface area contributed by atoms with E-state index in [-0.39, 0.29) is 26.0 Å². The lowest BCUT2D eigenvalue weighted by atomic mass is 10.1. The Morgan fingerprint density at radius 3 is 2.54 bits per heavy atom. The Morgan fingerprint density at radius 2 is 1.92 bits per heavy atom. The van der Waals surface area contributed by atoms with Crippen molar-refractivity contribution < 1.29 is 29.3 Å². The molecule has 142 valence electrons. The number of alkyl carbamates (subject to hydrolysis) is 1. The zero-order valence-corrected chi connectivity index (χ0v) is 14.4. The highest BCUT2D eigenvalue weighted by molar-refractivity contribution is 5.83. The van der Waals surface area contributed by atoms with Crippen molar-refractivity contribution in [2.45, 2.75) is 38.0 Å². The van der Waals surface area contributed by atoms with Crippen molar-refractivity contribution in [3.8, 4) is 0 Å². The molecule has 0 spiro atoms. The molecule has 1 rings (SSSR count). The quantitative estimate of drug-likeness (QED) is 0.437. The summed E-state index contributed by atoms with van der Waals surface area (Å²) in [5.41, 5.74) is 0.821. The summed E-state index contributed by atoms with van der Waals surface area (Å²) in [6, 6.07) is 8.04. The van der Waals surface area contributed by atoms with Crippen LogP contribution in [0.25, 0.3) is 0 Å². The molecule has 0 aliphatic carbocycles. The van der Waals surface area contributed by atoms with Gasteiger partial charge in [0.15, 0.2) is 0 Å². The maximum Gasteiger partial charge on any atom is 0.407 e. The van der Waals surface area contributed by atoms with Gasteiger partial charge in [0.25, 0.3) is 0 Å². The average Bonchev–Trinajstić information content (AvgIpc) is 2.62. The number of hydrogen-bond donors (Lipinski definition) is 4. The second-order valence-corrected chi connectivity index (χ2v) is 5.62. The van der Waals surface area contributed by atoms with Gasteiger partial charge in [-0.3, -0.25) is 4.79 Å². The van der Waals surface area contributed by atoms with Crippen LogP contribution in [0.4, 0.5) is 4.79 Å². The molecule has 0 fully saturated rings. The molecular formula is C18H24N2O6. The lowest BCUT2D eigenvalue weighted by Crippen LogP contribution is -2.43. The van der Waals surface area contributed by atoms with E-state index in [1.807, 2.05) is 18.2 Å². The van der Waals surface area contributed by atoms with Crippen molar-refractivity contribution in [3.63, 3.8) is 0 Å². The van der Waals surface area contributed by atoms with Gasteiger partial charge in [-0.05, 0) is 18.4 Å². The number of aliphatic hydroxyl groups excluding tert-OH is 1. The lowest BCUT2D eigenvalue weighted by molar-refractivity contribution is -0.142. The minimum Gasteiger partial charge on any atom is -0.480 e. The minimum absolute atomic E-state index is 0.0901. The highest BCUT2D eigenvalue weighted by Crippen LogP contribution is 2.02. The zero-order valence-electron chi connectivity index (χ0n) is 14.4. The Bertz CT molecular complexity index is 605. The van der Waals surface area contributed by atoms with Gasteiger partial charge < -0.3 is 25.6 Å². The number of benzene rings is 1. The maximum atomic E-state index is 11.8. The number of carboxylic acid groups (broad SMARTS) is 1. The van der Waals surface area contributed by atoms with E-state index in [1.165, 1.54) is 0 Å². The van der Waals surface area contributed by atoms with Crippen LogP contribution in [0, 0.1) is 0 Å². The topological polar surface area (TPSA) is 125 Å². The molecule has 1 aromatic rings. The fourth-order valence-electron chi connectivity index (χ4n) is 2.06. The highest BCUT2D eigenvalue weighted by atomic mass is 16.5. The third-order valence-electron chi connectivity index (χ3n) is 3.41. The Balaban J connectivity index is 2.28. The van der Waals surface area contributed by atoms with Crippen LogP contribution < -0.4 is 10.6 Å². The van der Waals surface area contributed by atoms with Gasteiger partial charge in [0.2, 0.25) is 5.91 Å². The largest absolute Gasteiger partial charge is 0.480 e. The van der Waals surface area contributed by atoms with Gasteiger partial charge in [0.1, 0.15) is 12.6 Å². The van der Waals surface area contributed by atoms with Crippen LogP contribution in [0.15, 0.2) is 43.0 Å². The molecule has 2 amide bonds. The molecule has 8 nitrogen and oxygen atoms in total. The monoisotopic (exact) mass is 364 g/mol. The smallest absolute Gasteiger partial charge is 0.407 e. The van der Waals surface area contributed by atoms with E-state index in [4.69, 9.17) is 9.84 Å². The van der Waals surface area contributed by atoms with Crippen LogP contribution in [0.5, 0.6) is 0 Å². The number of aliphatic carboxylic acids is 1. The Morgan fingerprint density at radius 1 is 1.23 bits per heavy atom. The second kappa shape index (κ2) is 11.6. The Kier molecular flexibility index (Phi) is 9.48. The first-order valence-electron chi connectivity index (χ1n) is 8.18. The molecule has 0 aliphatic rings. The molecule has 0 unspecified atom stereocenters. The fourth-order valence-corrected chi connectivity index (χ4v) is 2.06. The van der Waals surface area contributed by atoms with Gasteiger partial charge in [-0.2, -0.15) is 0 Å². The number of ether oxygens (including phenoxy) is 1. The molecule has 0 aromatic heterocycles. The van der Waals surface area contributed by atoms with Crippen molar-refractivity contribution in [3.05, 3.63) is 48.6 Å². The average molecular weight is 364 g/mol. The first-order valence-corrected chi connectivity index (χ1v) is 8.18. The van der Waals surface area contributed by atoms with E-state index < -0.39 is 30.1 Å². The van der Waals surface area contributed by atoms with Gasteiger partial charge in [0.05, 0.1) is 12.5 Å². The van der Waals surface area contributed by atoms with E-state index in [0.717, 1.165) is 5.56 Å². The van der Waals surface area contributed by atoms with Crippen molar-refractivity contribution >= 4 is 18.0 Å². The Labute approximate surface area is 151 Å².